The van der Waals surface area contributed by atoms with Crippen molar-refractivity contribution in [3.05, 3.63) is 40.7 Å². The fourth-order valence-electron chi connectivity index (χ4n) is 1.45. The van der Waals surface area contributed by atoms with Gasteiger partial charge in [0.05, 0.1) is 11.3 Å². The van der Waals surface area contributed by atoms with E-state index in [0.717, 1.165) is 11.3 Å². The number of carbonyl (C=O) groups excluding carboxylic acids is 1. The summed E-state index contributed by atoms with van der Waals surface area (Å²) in [5.74, 6) is -0.0793. The number of nitrogens with one attached hydrogen (secondary N) is 1. The quantitative estimate of drug-likeness (QED) is 0.904. The van der Waals surface area contributed by atoms with Gasteiger partial charge >= 0.3 is 0 Å². The van der Waals surface area contributed by atoms with Gasteiger partial charge in [-0.3, -0.25) is 9.78 Å². The van der Waals surface area contributed by atoms with Crippen molar-refractivity contribution in [3.63, 3.8) is 0 Å². The average Bonchev–Trinajstić information content (AvgIpc) is 2.82. The summed E-state index contributed by atoms with van der Waals surface area (Å²) in [7, 11) is 0. The van der Waals surface area contributed by atoms with E-state index in [1.807, 2.05) is 36.7 Å². The Balaban J connectivity index is 2.16. The van der Waals surface area contributed by atoms with Gasteiger partial charge in [0.2, 0.25) is 0 Å². The lowest BCUT2D eigenvalue weighted by Gasteiger charge is -2.08. The number of carbonyl (C=O) groups is 1. The van der Waals surface area contributed by atoms with Gasteiger partial charge in [-0.05, 0) is 37.4 Å². The molecular formula is C13H14N2OS. The van der Waals surface area contributed by atoms with Gasteiger partial charge < -0.3 is 5.32 Å². The van der Waals surface area contributed by atoms with Crippen molar-refractivity contribution < 1.29 is 4.79 Å². The fourth-order valence-corrected chi connectivity index (χ4v) is 2.10. The molecule has 0 aromatic carbocycles. The highest BCUT2D eigenvalue weighted by Gasteiger charge is 2.07. The molecule has 17 heavy (non-hydrogen) atoms. The van der Waals surface area contributed by atoms with E-state index in [-0.39, 0.29) is 11.9 Å². The monoisotopic (exact) mass is 246 g/mol. The van der Waals surface area contributed by atoms with E-state index in [1.54, 1.807) is 23.6 Å². The van der Waals surface area contributed by atoms with Crippen LogP contribution >= 0.6 is 11.3 Å². The maximum atomic E-state index is 11.7. The van der Waals surface area contributed by atoms with E-state index in [1.165, 1.54) is 0 Å². The van der Waals surface area contributed by atoms with Crippen molar-refractivity contribution in [2.24, 2.45) is 0 Å². The lowest BCUT2D eigenvalue weighted by atomic mass is 10.2. The van der Waals surface area contributed by atoms with E-state index in [2.05, 4.69) is 10.3 Å². The predicted molar refractivity (Wildman–Crippen MR) is 70.2 cm³/mol. The summed E-state index contributed by atoms with van der Waals surface area (Å²) in [5.41, 5.74) is 2.58. The smallest absolute Gasteiger partial charge is 0.253 e. The topological polar surface area (TPSA) is 42.0 Å². The van der Waals surface area contributed by atoms with E-state index in [9.17, 15) is 4.79 Å². The predicted octanol–water partition coefficient (Wildman–Crippen LogP) is 2.95. The molecule has 0 saturated heterocycles. The lowest BCUT2D eigenvalue weighted by Crippen LogP contribution is -2.30. The van der Waals surface area contributed by atoms with Crippen LogP contribution in [0.4, 0.5) is 0 Å². The Morgan fingerprint density at radius 2 is 2.18 bits per heavy atom. The summed E-state index contributed by atoms with van der Waals surface area (Å²) in [5, 5.41) is 6.88. The summed E-state index contributed by atoms with van der Waals surface area (Å²) in [4.78, 5) is 16.0. The highest BCUT2D eigenvalue weighted by molar-refractivity contribution is 7.08. The van der Waals surface area contributed by atoms with Crippen LogP contribution in [-0.4, -0.2) is 16.9 Å². The number of hydrogen-bond donors (Lipinski definition) is 1. The Labute approximate surface area is 105 Å². The van der Waals surface area contributed by atoms with Crippen molar-refractivity contribution in [1.82, 2.24) is 10.3 Å². The molecule has 0 radical (unpaired) electrons. The maximum absolute atomic E-state index is 11.7. The second-order valence-electron chi connectivity index (χ2n) is 4.07. The second kappa shape index (κ2) is 5.10. The van der Waals surface area contributed by atoms with Crippen LogP contribution in [0, 0.1) is 0 Å². The largest absolute Gasteiger partial charge is 0.350 e. The van der Waals surface area contributed by atoms with E-state index < -0.39 is 0 Å². The van der Waals surface area contributed by atoms with Gasteiger partial charge in [0.25, 0.3) is 5.91 Å². The molecule has 0 spiro atoms. The van der Waals surface area contributed by atoms with Crippen LogP contribution < -0.4 is 5.32 Å². The van der Waals surface area contributed by atoms with Crippen molar-refractivity contribution in [3.8, 4) is 11.3 Å². The van der Waals surface area contributed by atoms with Gasteiger partial charge in [-0.1, -0.05) is 0 Å². The molecule has 2 aromatic heterocycles. The molecule has 0 fully saturated rings. The number of hydrogen-bond acceptors (Lipinski definition) is 3. The van der Waals surface area contributed by atoms with Crippen LogP contribution in [0.3, 0.4) is 0 Å². The third kappa shape index (κ3) is 2.91. The van der Waals surface area contributed by atoms with E-state index in [0.29, 0.717) is 5.56 Å². The highest BCUT2D eigenvalue weighted by Crippen LogP contribution is 2.19. The molecule has 2 aromatic rings. The van der Waals surface area contributed by atoms with Gasteiger partial charge in [-0.2, -0.15) is 11.3 Å². The molecule has 0 atom stereocenters. The zero-order valence-electron chi connectivity index (χ0n) is 9.81. The normalized spacial score (nSPS) is 10.5. The van der Waals surface area contributed by atoms with Gasteiger partial charge in [-0.15, -0.1) is 0 Å². The van der Waals surface area contributed by atoms with Crippen LogP contribution in [0.1, 0.15) is 24.2 Å². The van der Waals surface area contributed by atoms with Crippen molar-refractivity contribution >= 4 is 17.2 Å². The molecule has 2 heterocycles. The molecule has 4 heteroatoms. The van der Waals surface area contributed by atoms with Gasteiger partial charge in [0.15, 0.2) is 0 Å². The molecule has 1 amide bonds. The number of amides is 1. The average molecular weight is 246 g/mol. The number of rotatable bonds is 3. The molecule has 0 aliphatic heterocycles. The van der Waals surface area contributed by atoms with Crippen molar-refractivity contribution in [2.45, 2.75) is 19.9 Å². The molecule has 0 aliphatic carbocycles. The first-order valence-electron chi connectivity index (χ1n) is 5.46. The molecule has 3 nitrogen and oxygen atoms in total. The van der Waals surface area contributed by atoms with Gasteiger partial charge in [-0.25, -0.2) is 0 Å². The molecule has 0 bridgehead atoms. The minimum absolute atomic E-state index is 0.0793. The standard InChI is InChI=1S/C13H14N2OS/c1-9(2)15-13(16)10-3-4-12(14-7-10)11-5-6-17-8-11/h3-9H,1-2H3,(H,15,16). The van der Waals surface area contributed by atoms with Gasteiger partial charge in [0.1, 0.15) is 0 Å². The number of nitrogens with zero attached hydrogens (tertiary/aromatic N) is 1. The number of pyridine rings is 1. The van der Waals surface area contributed by atoms with Crippen molar-refractivity contribution in [1.29, 1.82) is 0 Å². The van der Waals surface area contributed by atoms with Gasteiger partial charge in [0, 0.05) is 23.2 Å². The Morgan fingerprint density at radius 1 is 1.35 bits per heavy atom. The molecule has 1 N–H and O–H groups in total. The molecule has 0 aliphatic rings. The molecule has 0 unspecified atom stereocenters. The van der Waals surface area contributed by atoms with Crippen LogP contribution in [0.15, 0.2) is 35.2 Å². The Bertz CT molecular complexity index is 489. The summed E-state index contributed by atoms with van der Waals surface area (Å²) in [6.45, 7) is 3.87. The zero-order chi connectivity index (χ0) is 12.3. The van der Waals surface area contributed by atoms with E-state index in [4.69, 9.17) is 0 Å². The SMILES string of the molecule is CC(C)NC(=O)c1ccc(-c2ccsc2)nc1. The Hall–Kier alpha value is -1.68. The first kappa shape index (κ1) is 11.8. The minimum atomic E-state index is -0.0793. The van der Waals surface area contributed by atoms with Crippen molar-refractivity contribution in [2.75, 3.05) is 0 Å². The number of aromatic nitrogens is 1. The molecule has 2 rings (SSSR count). The maximum Gasteiger partial charge on any atom is 0.253 e. The van der Waals surface area contributed by atoms with E-state index >= 15 is 0 Å². The van der Waals surface area contributed by atoms with Crippen LogP contribution in [0.2, 0.25) is 0 Å². The van der Waals surface area contributed by atoms with Crippen LogP contribution in [0.25, 0.3) is 11.3 Å². The zero-order valence-corrected chi connectivity index (χ0v) is 10.6. The lowest BCUT2D eigenvalue weighted by molar-refractivity contribution is 0.0943. The number of thiophene rings is 1. The first-order chi connectivity index (χ1) is 8.16. The minimum Gasteiger partial charge on any atom is -0.350 e. The third-order valence-corrected chi connectivity index (χ3v) is 2.95. The van der Waals surface area contributed by atoms with Crippen LogP contribution in [-0.2, 0) is 0 Å². The fraction of sp³-hybridized carbons (Fsp3) is 0.231. The summed E-state index contributed by atoms with van der Waals surface area (Å²) in [6.07, 6.45) is 1.62. The summed E-state index contributed by atoms with van der Waals surface area (Å²) < 4.78 is 0. The molecule has 88 valence electrons. The third-order valence-electron chi connectivity index (χ3n) is 2.26. The summed E-state index contributed by atoms with van der Waals surface area (Å²) in [6, 6.07) is 5.83. The Kier molecular flexibility index (Phi) is 3.54. The van der Waals surface area contributed by atoms with Crippen LogP contribution in [0.5, 0.6) is 0 Å². The Morgan fingerprint density at radius 3 is 2.71 bits per heavy atom. The second-order valence-corrected chi connectivity index (χ2v) is 4.85. The first-order valence-corrected chi connectivity index (χ1v) is 6.40. The highest BCUT2D eigenvalue weighted by atomic mass is 32.1. The summed E-state index contributed by atoms with van der Waals surface area (Å²) >= 11 is 1.63. The molecular weight excluding hydrogens is 232 g/mol. The molecule has 0 saturated carbocycles.